The van der Waals surface area contributed by atoms with Crippen LogP contribution in [0.1, 0.15) is 16.2 Å². The van der Waals surface area contributed by atoms with Gasteiger partial charge in [-0.3, -0.25) is 4.79 Å². The topological polar surface area (TPSA) is 95.3 Å². The number of ether oxygens (including phenoxy) is 2. The third-order valence-electron chi connectivity index (χ3n) is 5.03. The minimum absolute atomic E-state index is 0.0361. The number of thiophene rings is 1. The van der Waals surface area contributed by atoms with E-state index >= 15 is 0 Å². The molecule has 8 nitrogen and oxygen atoms in total. The quantitative estimate of drug-likeness (QED) is 0.221. The number of carbonyl (C=O) groups excluding carboxylic acids is 2. The number of esters is 1. The molecule has 0 aliphatic carbocycles. The highest BCUT2D eigenvalue weighted by atomic mass is 35.5. The van der Waals surface area contributed by atoms with Crippen molar-refractivity contribution < 1.29 is 23.5 Å². The number of halogens is 2. The number of hydrogen-bond donors (Lipinski definition) is 1. The maximum Gasteiger partial charge on any atom is 0.341 e. The number of methoxy groups -OCH3 is 1. The van der Waals surface area contributed by atoms with E-state index in [0.717, 1.165) is 0 Å². The van der Waals surface area contributed by atoms with Crippen LogP contribution in [0.25, 0.3) is 11.1 Å². The van der Waals surface area contributed by atoms with Gasteiger partial charge in [-0.1, -0.05) is 35.5 Å². The summed E-state index contributed by atoms with van der Waals surface area (Å²) >= 11 is 8.26. The fourth-order valence-electron chi connectivity index (χ4n) is 3.16. The van der Waals surface area contributed by atoms with Crippen LogP contribution < -0.4 is 10.1 Å². The van der Waals surface area contributed by atoms with Crippen LogP contribution in [0.5, 0.6) is 5.75 Å². The van der Waals surface area contributed by atoms with Gasteiger partial charge < -0.3 is 19.4 Å². The van der Waals surface area contributed by atoms with E-state index in [4.69, 9.17) is 21.1 Å². The summed E-state index contributed by atoms with van der Waals surface area (Å²) < 4.78 is 25.7. The monoisotopic (exact) mass is 546 g/mol. The lowest BCUT2D eigenvalue weighted by Crippen LogP contribution is -2.16. The first kappa shape index (κ1) is 25.7. The Bertz CT molecular complexity index is 1370. The summed E-state index contributed by atoms with van der Waals surface area (Å²) in [5.74, 6) is -0.0511. The number of hydrogen-bond acceptors (Lipinski definition) is 8. The lowest BCUT2D eigenvalue weighted by molar-refractivity contribution is -0.113. The first-order valence-corrected chi connectivity index (χ1v) is 12.7. The maximum atomic E-state index is 13.3. The van der Waals surface area contributed by atoms with Crippen LogP contribution in [0.2, 0.25) is 5.02 Å². The highest BCUT2D eigenvalue weighted by Crippen LogP contribution is 2.36. The van der Waals surface area contributed by atoms with Crippen molar-refractivity contribution in [2.45, 2.75) is 11.8 Å². The minimum atomic E-state index is -0.600. The Morgan fingerprint density at radius 2 is 1.86 bits per heavy atom. The Hall–Kier alpha value is -3.41. The average Bonchev–Trinajstić information content (AvgIpc) is 3.45. The number of thioether (sulfide) groups is 1. The van der Waals surface area contributed by atoms with E-state index < -0.39 is 5.97 Å². The molecule has 4 rings (SSSR count). The summed E-state index contributed by atoms with van der Waals surface area (Å²) in [6.07, 6.45) is 0. The summed E-state index contributed by atoms with van der Waals surface area (Å²) in [4.78, 5) is 25.1. The van der Waals surface area contributed by atoms with Gasteiger partial charge in [0.1, 0.15) is 28.7 Å². The molecule has 0 bridgehead atoms. The molecule has 4 aromatic rings. The van der Waals surface area contributed by atoms with Gasteiger partial charge in [0.2, 0.25) is 5.91 Å². The van der Waals surface area contributed by atoms with Gasteiger partial charge >= 0.3 is 5.97 Å². The zero-order valence-electron chi connectivity index (χ0n) is 19.2. The first-order chi connectivity index (χ1) is 17.4. The molecule has 0 saturated carbocycles. The summed E-state index contributed by atoms with van der Waals surface area (Å²) in [5, 5.41) is 14.2. The van der Waals surface area contributed by atoms with Gasteiger partial charge in [-0.05, 0) is 42.0 Å². The second-order valence-electron chi connectivity index (χ2n) is 7.39. The highest BCUT2D eigenvalue weighted by Gasteiger charge is 2.23. The van der Waals surface area contributed by atoms with Gasteiger partial charge in [-0.2, -0.15) is 0 Å². The van der Waals surface area contributed by atoms with Crippen molar-refractivity contribution >= 4 is 51.6 Å². The molecule has 1 N–H and O–H groups in total. The predicted octanol–water partition coefficient (Wildman–Crippen LogP) is 5.43. The van der Waals surface area contributed by atoms with Crippen molar-refractivity contribution in [1.82, 2.24) is 14.8 Å². The van der Waals surface area contributed by atoms with E-state index in [9.17, 15) is 14.0 Å². The van der Waals surface area contributed by atoms with Crippen molar-refractivity contribution in [1.29, 1.82) is 0 Å². The number of anilines is 1. The number of carbonyl (C=O) groups is 2. The molecular formula is C24H20ClFN4O4S2. The lowest BCUT2D eigenvalue weighted by atomic mass is 10.0. The highest BCUT2D eigenvalue weighted by molar-refractivity contribution is 7.99. The number of nitrogens with one attached hydrogen (secondary N) is 1. The zero-order chi connectivity index (χ0) is 25.7. The fraction of sp³-hybridized carbons (Fsp3) is 0.167. The summed E-state index contributed by atoms with van der Waals surface area (Å²) in [6.45, 7) is 0.196. The Labute approximate surface area is 219 Å². The molecule has 2 heterocycles. The van der Waals surface area contributed by atoms with E-state index in [1.807, 2.05) is 0 Å². The second kappa shape index (κ2) is 11.5. The Morgan fingerprint density at radius 1 is 1.14 bits per heavy atom. The van der Waals surface area contributed by atoms with Gasteiger partial charge in [0.25, 0.3) is 0 Å². The van der Waals surface area contributed by atoms with Crippen LogP contribution in [0.3, 0.4) is 0 Å². The zero-order valence-corrected chi connectivity index (χ0v) is 21.5. The second-order valence-corrected chi connectivity index (χ2v) is 9.65. The van der Waals surface area contributed by atoms with E-state index in [2.05, 4.69) is 15.5 Å². The van der Waals surface area contributed by atoms with Crippen LogP contribution in [0, 0.1) is 5.82 Å². The molecule has 0 saturated heterocycles. The van der Waals surface area contributed by atoms with E-state index in [1.54, 1.807) is 53.4 Å². The molecule has 0 spiro atoms. The van der Waals surface area contributed by atoms with Gasteiger partial charge in [0, 0.05) is 23.0 Å². The van der Waals surface area contributed by atoms with Crippen LogP contribution in [0.4, 0.5) is 9.39 Å². The SMILES string of the molecule is COC(=O)c1c(-c2ccc(F)cc2)csc1NC(=O)CSc1nnc(COc2ccc(Cl)cc2)n1C. The summed E-state index contributed by atoms with van der Waals surface area (Å²) in [7, 11) is 3.04. The lowest BCUT2D eigenvalue weighted by Gasteiger charge is -2.08. The number of amides is 1. The van der Waals surface area contributed by atoms with E-state index in [1.165, 1.54) is 42.3 Å². The average molecular weight is 547 g/mol. The number of aromatic nitrogens is 3. The van der Waals surface area contributed by atoms with Crippen LogP contribution >= 0.6 is 34.7 Å². The molecule has 0 aliphatic heterocycles. The third-order valence-corrected chi connectivity index (χ3v) is 7.20. The van der Waals surface area contributed by atoms with Crippen molar-refractivity contribution in [2.75, 3.05) is 18.2 Å². The van der Waals surface area contributed by atoms with Crippen LogP contribution in [-0.4, -0.2) is 39.5 Å². The number of rotatable bonds is 9. The molecule has 0 atom stereocenters. The predicted molar refractivity (Wildman–Crippen MR) is 137 cm³/mol. The molecule has 2 aromatic heterocycles. The number of benzene rings is 2. The molecule has 12 heteroatoms. The maximum absolute atomic E-state index is 13.3. The summed E-state index contributed by atoms with van der Waals surface area (Å²) in [5.41, 5.74) is 1.40. The molecule has 0 radical (unpaired) electrons. The molecule has 186 valence electrons. The Kier molecular flexibility index (Phi) is 8.24. The van der Waals surface area contributed by atoms with Crippen molar-refractivity contribution in [2.24, 2.45) is 7.05 Å². The van der Waals surface area contributed by atoms with Gasteiger partial charge in [-0.15, -0.1) is 21.5 Å². The molecule has 2 aromatic carbocycles. The molecule has 0 unspecified atom stereocenters. The molecule has 36 heavy (non-hydrogen) atoms. The van der Waals surface area contributed by atoms with Gasteiger partial charge in [0.05, 0.1) is 12.9 Å². The largest absolute Gasteiger partial charge is 0.486 e. The Morgan fingerprint density at radius 3 is 2.56 bits per heavy atom. The fourth-order valence-corrected chi connectivity index (χ4v) is 4.99. The Balaban J connectivity index is 1.39. The molecular weight excluding hydrogens is 527 g/mol. The smallest absolute Gasteiger partial charge is 0.341 e. The van der Waals surface area contributed by atoms with Crippen molar-refractivity contribution in [3.63, 3.8) is 0 Å². The van der Waals surface area contributed by atoms with Crippen molar-refractivity contribution in [3.8, 4) is 16.9 Å². The van der Waals surface area contributed by atoms with Crippen molar-refractivity contribution in [3.05, 3.63) is 76.1 Å². The van der Waals surface area contributed by atoms with E-state index in [0.29, 0.717) is 37.9 Å². The van der Waals surface area contributed by atoms with Crippen LogP contribution in [-0.2, 0) is 23.2 Å². The number of nitrogens with zero attached hydrogens (tertiary/aromatic N) is 3. The minimum Gasteiger partial charge on any atom is -0.486 e. The van der Waals surface area contributed by atoms with Gasteiger partial charge in [-0.25, -0.2) is 9.18 Å². The standard InChI is InChI=1S/C24H20ClFN4O4S2/c1-30-19(11-34-17-9-5-15(25)6-10-17)28-29-24(30)36-13-20(31)27-22-21(23(32)33-2)18(12-35-22)14-3-7-16(26)8-4-14/h3-10,12H,11,13H2,1-2H3,(H,27,31). The molecule has 1 amide bonds. The van der Waals surface area contributed by atoms with E-state index in [-0.39, 0.29) is 29.6 Å². The van der Waals surface area contributed by atoms with Crippen LogP contribution in [0.15, 0.2) is 59.1 Å². The first-order valence-electron chi connectivity index (χ1n) is 10.5. The molecule has 0 aliphatic rings. The third kappa shape index (κ3) is 6.04. The van der Waals surface area contributed by atoms with Gasteiger partial charge in [0.15, 0.2) is 11.0 Å². The molecule has 0 fully saturated rings. The normalized spacial score (nSPS) is 10.8. The summed E-state index contributed by atoms with van der Waals surface area (Å²) in [6, 6.07) is 12.7.